The van der Waals surface area contributed by atoms with Crippen molar-refractivity contribution in [2.75, 3.05) is 0 Å². The maximum absolute atomic E-state index is 12.0. The van der Waals surface area contributed by atoms with Gasteiger partial charge in [-0.15, -0.1) is 0 Å². The highest BCUT2D eigenvalue weighted by molar-refractivity contribution is 5.14. The van der Waals surface area contributed by atoms with Crippen LogP contribution in [0.5, 0.6) is 0 Å². The Bertz CT molecular complexity index is 282. The van der Waals surface area contributed by atoms with Crippen LogP contribution in [0.25, 0.3) is 0 Å². The van der Waals surface area contributed by atoms with Crippen molar-refractivity contribution < 1.29 is 13.2 Å². The molecule has 0 saturated carbocycles. The molecule has 0 amide bonds. The first-order valence-corrected chi connectivity index (χ1v) is 4.83. The van der Waals surface area contributed by atoms with Crippen LogP contribution in [0.1, 0.15) is 18.4 Å². The largest absolute Gasteiger partial charge is 0.390 e. The Hall–Kier alpha value is -1.03. The molecule has 0 saturated heterocycles. The predicted molar refractivity (Wildman–Crippen MR) is 53.4 cm³/mol. The van der Waals surface area contributed by atoms with E-state index in [-0.39, 0.29) is 0 Å². The van der Waals surface area contributed by atoms with Crippen LogP contribution in [0.3, 0.4) is 0 Å². The second-order valence-corrected chi connectivity index (χ2v) is 3.60. The van der Waals surface area contributed by atoms with Crippen LogP contribution in [0.4, 0.5) is 13.2 Å². The van der Waals surface area contributed by atoms with Gasteiger partial charge in [0.25, 0.3) is 0 Å². The average Bonchev–Trinajstić information content (AvgIpc) is 2.14. The number of nitrogens with two attached hydrogens (primary N) is 1. The number of benzene rings is 1. The summed E-state index contributed by atoms with van der Waals surface area (Å²) in [7, 11) is 0. The Morgan fingerprint density at radius 2 is 1.73 bits per heavy atom. The lowest BCUT2D eigenvalue weighted by atomic mass is 10.0. The molecule has 84 valence electrons. The fourth-order valence-corrected chi connectivity index (χ4v) is 1.40. The van der Waals surface area contributed by atoms with E-state index >= 15 is 0 Å². The second kappa shape index (κ2) is 5.16. The SMILES string of the molecule is N[C@H](CCc1ccccc1)CC(F)(F)F. The molecular formula is C11H14F3N. The van der Waals surface area contributed by atoms with E-state index in [9.17, 15) is 13.2 Å². The molecule has 15 heavy (non-hydrogen) atoms. The van der Waals surface area contributed by atoms with E-state index < -0.39 is 18.6 Å². The molecule has 0 aliphatic rings. The number of aryl methyl sites for hydroxylation is 1. The van der Waals surface area contributed by atoms with Crippen molar-refractivity contribution in [1.82, 2.24) is 0 Å². The van der Waals surface area contributed by atoms with E-state index in [2.05, 4.69) is 0 Å². The zero-order valence-electron chi connectivity index (χ0n) is 8.30. The van der Waals surface area contributed by atoms with Crippen molar-refractivity contribution >= 4 is 0 Å². The third kappa shape index (κ3) is 5.42. The lowest BCUT2D eigenvalue weighted by molar-refractivity contribution is -0.138. The summed E-state index contributed by atoms with van der Waals surface area (Å²) in [6, 6.07) is 8.58. The number of hydrogen-bond acceptors (Lipinski definition) is 1. The third-order valence-corrected chi connectivity index (χ3v) is 2.14. The van der Waals surface area contributed by atoms with E-state index in [1.54, 1.807) is 0 Å². The normalized spacial score (nSPS) is 13.9. The maximum atomic E-state index is 12.0. The maximum Gasteiger partial charge on any atom is 0.390 e. The van der Waals surface area contributed by atoms with E-state index in [1.165, 1.54) is 0 Å². The van der Waals surface area contributed by atoms with Gasteiger partial charge in [0.2, 0.25) is 0 Å². The molecule has 0 heterocycles. The fraction of sp³-hybridized carbons (Fsp3) is 0.455. The molecule has 0 radical (unpaired) electrons. The van der Waals surface area contributed by atoms with Crippen molar-refractivity contribution in [3.8, 4) is 0 Å². The first kappa shape index (κ1) is 12.0. The third-order valence-electron chi connectivity index (χ3n) is 2.14. The van der Waals surface area contributed by atoms with Crippen LogP contribution >= 0.6 is 0 Å². The highest BCUT2D eigenvalue weighted by Gasteiger charge is 2.29. The minimum Gasteiger partial charge on any atom is -0.327 e. The van der Waals surface area contributed by atoms with Crippen molar-refractivity contribution in [2.24, 2.45) is 5.73 Å². The van der Waals surface area contributed by atoms with E-state index in [0.29, 0.717) is 12.8 Å². The Kier molecular flexibility index (Phi) is 4.15. The lowest BCUT2D eigenvalue weighted by Gasteiger charge is -2.13. The van der Waals surface area contributed by atoms with Crippen LogP contribution in [-0.4, -0.2) is 12.2 Å². The highest BCUT2D eigenvalue weighted by Crippen LogP contribution is 2.22. The fourth-order valence-electron chi connectivity index (χ4n) is 1.40. The molecule has 0 bridgehead atoms. The lowest BCUT2D eigenvalue weighted by Crippen LogP contribution is -2.28. The molecule has 0 fully saturated rings. The van der Waals surface area contributed by atoms with E-state index in [1.807, 2.05) is 30.3 Å². The summed E-state index contributed by atoms with van der Waals surface area (Å²) >= 11 is 0. The molecule has 4 heteroatoms. The van der Waals surface area contributed by atoms with Gasteiger partial charge in [-0.25, -0.2) is 0 Å². The summed E-state index contributed by atoms with van der Waals surface area (Å²) in [5.74, 6) is 0. The van der Waals surface area contributed by atoms with Crippen molar-refractivity contribution in [1.29, 1.82) is 0 Å². The monoisotopic (exact) mass is 217 g/mol. The topological polar surface area (TPSA) is 26.0 Å². The molecule has 2 N–H and O–H groups in total. The summed E-state index contributed by atoms with van der Waals surface area (Å²) in [4.78, 5) is 0. The molecule has 0 unspecified atom stereocenters. The summed E-state index contributed by atoms with van der Waals surface area (Å²) in [6.07, 6.45) is -4.10. The molecule has 0 aromatic heterocycles. The summed E-state index contributed by atoms with van der Waals surface area (Å²) in [5.41, 5.74) is 6.41. The quantitative estimate of drug-likeness (QED) is 0.824. The smallest absolute Gasteiger partial charge is 0.327 e. The Morgan fingerprint density at radius 1 is 1.13 bits per heavy atom. The van der Waals surface area contributed by atoms with Gasteiger partial charge < -0.3 is 5.73 Å². The molecule has 0 spiro atoms. The Balaban J connectivity index is 2.32. The molecule has 0 aliphatic carbocycles. The molecule has 1 atom stereocenters. The molecular weight excluding hydrogens is 203 g/mol. The van der Waals surface area contributed by atoms with Gasteiger partial charge in [0, 0.05) is 6.04 Å². The minimum absolute atomic E-state index is 0.365. The zero-order valence-corrected chi connectivity index (χ0v) is 8.30. The van der Waals surface area contributed by atoms with Crippen molar-refractivity contribution in [3.05, 3.63) is 35.9 Å². The standard InChI is InChI=1S/C11H14F3N/c12-11(13,14)8-10(15)7-6-9-4-2-1-3-5-9/h1-5,10H,6-8,15H2/t10-/m1/s1. The van der Waals surface area contributed by atoms with Crippen LogP contribution in [0.15, 0.2) is 30.3 Å². The average molecular weight is 217 g/mol. The van der Waals surface area contributed by atoms with Crippen LogP contribution in [-0.2, 0) is 6.42 Å². The van der Waals surface area contributed by atoms with Crippen LogP contribution < -0.4 is 5.73 Å². The first-order valence-electron chi connectivity index (χ1n) is 4.83. The van der Waals surface area contributed by atoms with Gasteiger partial charge in [0.15, 0.2) is 0 Å². The van der Waals surface area contributed by atoms with Crippen molar-refractivity contribution in [2.45, 2.75) is 31.5 Å². The molecule has 1 aromatic carbocycles. The number of rotatable bonds is 4. The molecule has 1 rings (SSSR count). The number of alkyl halides is 3. The summed E-state index contributed by atoms with van der Waals surface area (Å²) < 4.78 is 35.9. The number of halogens is 3. The predicted octanol–water partition coefficient (Wildman–Crippen LogP) is 2.90. The summed E-state index contributed by atoms with van der Waals surface area (Å²) in [6.45, 7) is 0. The van der Waals surface area contributed by atoms with Crippen LogP contribution in [0.2, 0.25) is 0 Å². The van der Waals surface area contributed by atoms with Gasteiger partial charge in [0.05, 0.1) is 6.42 Å². The minimum atomic E-state index is -4.16. The second-order valence-electron chi connectivity index (χ2n) is 3.60. The van der Waals surface area contributed by atoms with E-state index in [4.69, 9.17) is 5.73 Å². The first-order chi connectivity index (χ1) is 6.97. The molecule has 1 nitrogen and oxygen atoms in total. The number of hydrogen-bond donors (Lipinski definition) is 1. The van der Waals surface area contributed by atoms with Gasteiger partial charge in [-0.2, -0.15) is 13.2 Å². The Morgan fingerprint density at radius 3 is 2.27 bits per heavy atom. The Labute approximate surface area is 87.1 Å². The molecule has 0 aliphatic heterocycles. The van der Waals surface area contributed by atoms with Gasteiger partial charge in [0.1, 0.15) is 0 Å². The molecule has 1 aromatic rings. The zero-order chi connectivity index (χ0) is 11.3. The van der Waals surface area contributed by atoms with Crippen LogP contribution in [0, 0.1) is 0 Å². The van der Waals surface area contributed by atoms with Gasteiger partial charge in [-0.05, 0) is 18.4 Å². The van der Waals surface area contributed by atoms with E-state index in [0.717, 1.165) is 5.56 Å². The highest BCUT2D eigenvalue weighted by atomic mass is 19.4. The van der Waals surface area contributed by atoms with Gasteiger partial charge in [-0.1, -0.05) is 30.3 Å². The van der Waals surface area contributed by atoms with Gasteiger partial charge >= 0.3 is 6.18 Å². The summed E-state index contributed by atoms with van der Waals surface area (Å²) in [5, 5.41) is 0. The van der Waals surface area contributed by atoms with Crippen molar-refractivity contribution in [3.63, 3.8) is 0 Å². The van der Waals surface area contributed by atoms with Gasteiger partial charge in [-0.3, -0.25) is 0 Å².